The number of carbonyl (C=O) groups excluding carboxylic acids is 2. The minimum Gasteiger partial charge on any atom is -0.350 e. The van der Waals surface area contributed by atoms with Gasteiger partial charge in [0.05, 0.1) is 5.69 Å². The van der Waals surface area contributed by atoms with Crippen LogP contribution >= 0.6 is 0 Å². The van der Waals surface area contributed by atoms with Crippen molar-refractivity contribution in [2.45, 2.75) is 6.42 Å². The fourth-order valence-corrected chi connectivity index (χ4v) is 1.77. The SMILES string of the molecule is CN(C)C(=O)CCNC(=O)c1ccn(-c2ccccc2)n1. The van der Waals surface area contributed by atoms with E-state index in [1.54, 1.807) is 31.0 Å². The fraction of sp³-hybridized carbons (Fsp3) is 0.267. The fourth-order valence-electron chi connectivity index (χ4n) is 1.77. The van der Waals surface area contributed by atoms with Crippen LogP contribution in [0.2, 0.25) is 0 Å². The molecule has 0 atom stereocenters. The lowest BCUT2D eigenvalue weighted by Gasteiger charge is -2.09. The predicted molar refractivity (Wildman–Crippen MR) is 79.2 cm³/mol. The predicted octanol–water partition coefficient (Wildman–Crippen LogP) is 1.08. The van der Waals surface area contributed by atoms with Crippen molar-refractivity contribution >= 4 is 11.8 Å². The first-order chi connectivity index (χ1) is 10.1. The van der Waals surface area contributed by atoms with E-state index in [2.05, 4.69) is 10.4 Å². The lowest BCUT2D eigenvalue weighted by Crippen LogP contribution is -2.30. The number of hydrogen-bond acceptors (Lipinski definition) is 3. The summed E-state index contributed by atoms with van der Waals surface area (Å²) < 4.78 is 1.64. The lowest BCUT2D eigenvalue weighted by atomic mass is 10.3. The summed E-state index contributed by atoms with van der Waals surface area (Å²) in [6, 6.07) is 11.2. The highest BCUT2D eigenvalue weighted by Gasteiger charge is 2.11. The van der Waals surface area contributed by atoms with Crippen LogP contribution < -0.4 is 5.32 Å². The molecule has 0 saturated carbocycles. The van der Waals surface area contributed by atoms with Gasteiger partial charge in [0.1, 0.15) is 0 Å². The molecule has 1 N–H and O–H groups in total. The zero-order valence-electron chi connectivity index (χ0n) is 12.1. The van der Waals surface area contributed by atoms with Crippen molar-refractivity contribution < 1.29 is 9.59 Å². The average Bonchev–Trinajstić information content (AvgIpc) is 2.97. The molecule has 0 aliphatic rings. The van der Waals surface area contributed by atoms with Crippen LogP contribution in [0.3, 0.4) is 0 Å². The molecule has 0 fully saturated rings. The summed E-state index contributed by atoms with van der Waals surface area (Å²) in [7, 11) is 3.37. The Labute approximate surface area is 123 Å². The highest BCUT2D eigenvalue weighted by Crippen LogP contribution is 2.06. The third-order valence-electron chi connectivity index (χ3n) is 2.97. The molecule has 0 unspecified atom stereocenters. The maximum Gasteiger partial charge on any atom is 0.271 e. The number of benzene rings is 1. The van der Waals surface area contributed by atoms with E-state index in [1.807, 2.05) is 30.3 Å². The van der Waals surface area contributed by atoms with Gasteiger partial charge in [0.2, 0.25) is 5.91 Å². The molecule has 0 radical (unpaired) electrons. The molecule has 2 rings (SSSR count). The molecule has 0 aliphatic carbocycles. The molecule has 0 saturated heterocycles. The van der Waals surface area contributed by atoms with Crippen molar-refractivity contribution in [3.05, 3.63) is 48.3 Å². The molecule has 6 heteroatoms. The van der Waals surface area contributed by atoms with Gasteiger partial charge in [-0.25, -0.2) is 4.68 Å². The van der Waals surface area contributed by atoms with Gasteiger partial charge in [-0.3, -0.25) is 9.59 Å². The summed E-state index contributed by atoms with van der Waals surface area (Å²) in [5, 5.41) is 6.91. The Bertz CT molecular complexity index is 620. The van der Waals surface area contributed by atoms with Crippen LogP contribution in [0.25, 0.3) is 5.69 Å². The first kappa shape index (κ1) is 14.8. The molecular weight excluding hydrogens is 268 g/mol. The van der Waals surface area contributed by atoms with Crippen molar-refractivity contribution in [3.8, 4) is 5.69 Å². The van der Waals surface area contributed by atoms with Gasteiger partial charge in [-0.1, -0.05) is 18.2 Å². The van der Waals surface area contributed by atoms with E-state index in [0.717, 1.165) is 5.69 Å². The van der Waals surface area contributed by atoms with Gasteiger partial charge in [0.15, 0.2) is 5.69 Å². The van der Waals surface area contributed by atoms with Crippen molar-refractivity contribution in [1.29, 1.82) is 0 Å². The Morgan fingerprint density at radius 1 is 1.19 bits per heavy atom. The molecule has 2 amide bonds. The summed E-state index contributed by atoms with van der Waals surface area (Å²) in [5.74, 6) is -0.304. The van der Waals surface area contributed by atoms with Crippen LogP contribution in [0.4, 0.5) is 0 Å². The molecule has 0 spiro atoms. The molecular formula is C15H18N4O2. The summed E-state index contributed by atoms with van der Waals surface area (Å²) in [5.41, 5.74) is 1.22. The molecule has 2 aromatic rings. The van der Waals surface area contributed by atoms with Crippen LogP contribution in [-0.4, -0.2) is 47.1 Å². The number of nitrogens with zero attached hydrogens (tertiary/aromatic N) is 3. The van der Waals surface area contributed by atoms with E-state index >= 15 is 0 Å². The van der Waals surface area contributed by atoms with Crippen molar-refractivity contribution in [1.82, 2.24) is 20.0 Å². The number of aromatic nitrogens is 2. The number of amides is 2. The first-order valence-electron chi connectivity index (χ1n) is 6.67. The second kappa shape index (κ2) is 6.69. The molecule has 0 bridgehead atoms. The highest BCUT2D eigenvalue weighted by molar-refractivity contribution is 5.92. The van der Waals surface area contributed by atoms with Crippen LogP contribution in [0.15, 0.2) is 42.6 Å². The van der Waals surface area contributed by atoms with E-state index in [4.69, 9.17) is 0 Å². The Morgan fingerprint density at radius 3 is 2.57 bits per heavy atom. The van der Waals surface area contributed by atoms with Crippen molar-refractivity contribution in [2.75, 3.05) is 20.6 Å². The summed E-state index contributed by atoms with van der Waals surface area (Å²) in [6.45, 7) is 0.300. The highest BCUT2D eigenvalue weighted by atomic mass is 16.2. The van der Waals surface area contributed by atoms with E-state index < -0.39 is 0 Å². The van der Waals surface area contributed by atoms with E-state index in [0.29, 0.717) is 12.2 Å². The summed E-state index contributed by atoms with van der Waals surface area (Å²) in [4.78, 5) is 24.8. The van der Waals surface area contributed by atoms with Crippen molar-refractivity contribution in [3.63, 3.8) is 0 Å². The number of para-hydroxylation sites is 1. The van der Waals surface area contributed by atoms with E-state index in [9.17, 15) is 9.59 Å². The van der Waals surface area contributed by atoms with Crippen molar-refractivity contribution in [2.24, 2.45) is 0 Å². The van der Waals surface area contributed by atoms with Gasteiger partial charge in [0, 0.05) is 33.3 Å². The Kier molecular flexibility index (Phi) is 4.71. The van der Waals surface area contributed by atoms with Crippen LogP contribution in [0, 0.1) is 0 Å². The molecule has 110 valence electrons. The monoisotopic (exact) mass is 286 g/mol. The molecule has 21 heavy (non-hydrogen) atoms. The number of hydrogen-bond donors (Lipinski definition) is 1. The van der Waals surface area contributed by atoms with Gasteiger partial charge >= 0.3 is 0 Å². The number of carbonyl (C=O) groups is 2. The second-order valence-corrected chi connectivity index (χ2v) is 4.78. The van der Waals surface area contributed by atoms with E-state index in [-0.39, 0.29) is 18.2 Å². The molecule has 6 nitrogen and oxygen atoms in total. The zero-order valence-corrected chi connectivity index (χ0v) is 12.1. The molecule has 1 aromatic carbocycles. The van der Waals surface area contributed by atoms with Gasteiger partial charge in [-0.05, 0) is 18.2 Å². The van der Waals surface area contributed by atoms with Crippen LogP contribution in [0.1, 0.15) is 16.9 Å². The molecule has 1 aromatic heterocycles. The third kappa shape index (κ3) is 3.92. The standard InChI is InChI=1S/C15H18N4O2/c1-18(2)14(20)8-10-16-15(21)13-9-11-19(17-13)12-6-4-3-5-7-12/h3-7,9,11H,8,10H2,1-2H3,(H,16,21). The van der Waals surface area contributed by atoms with Crippen LogP contribution in [-0.2, 0) is 4.79 Å². The smallest absolute Gasteiger partial charge is 0.271 e. The lowest BCUT2D eigenvalue weighted by molar-refractivity contribution is -0.128. The zero-order chi connectivity index (χ0) is 15.2. The summed E-state index contributed by atoms with van der Waals surface area (Å²) >= 11 is 0. The number of rotatable bonds is 5. The average molecular weight is 286 g/mol. The van der Waals surface area contributed by atoms with Gasteiger partial charge in [-0.2, -0.15) is 5.10 Å². The third-order valence-corrected chi connectivity index (χ3v) is 2.97. The molecule has 0 aliphatic heterocycles. The first-order valence-corrected chi connectivity index (χ1v) is 6.67. The van der Waals surface area contributed by atoms with Gasteiger partial charge in [0.25, 0.3) is 5.91 Å². The Balaban J connectivity index is 1.92. The second-order valence-electron chi connectivity index (χ2n) is 4.78. The minimum absolute atomic E-state index is 0.0230. The number of nitrogens with one attached hydrogen (secondary N) is 1. The topological polar surface area (TPSA) is 67.2 Å². The Morgan fingerprint density at radius 2 is 1.90 bits per heavy atom. The largest absolute Gasteiger partial charge is 0.350 e. The van der Waals surface area contributed by atoms with Crippen LogP contribution in [0.5, 0.6) is 0 Å². The van der Waals surface area contributed by atoms with E-state index in [1.165, 1.54) is 4.90 Å². The normalized spacial score (nSPS) is 10.2. The maximum atomic E-state index is 11.9. The minimum atomic E-state index is -0.281. The maximum absolute atomic E-state index is 11.9. The quantitative estimate of drug-likeness (QED) is 0.894. The van der Waals surface area contributed by atoms with Gasteiger partial charge in [-0.15, -0.1) is 0 Å². The molecule has 1 heterocycles. The Hall–Kier alpha value is -2.63. The summed E-state index contributed by atoms with van der Waals surface area (Å²) in [6.07, 6.45) is 2.01. The van der Waals surface area contributed by atoms with Gasteiger partial charge < -0.3 is 10.2 Å².